The van der Waals surface area contributed by atoms with Gasteiger partial charge in [0.25, 0.3) is 11.5 Å². The van der Waals surface area contributed by atoms with Gasteiger partial charge in [0.1, 0.15) is 0 Å². The minimum atomic E-state index is -0.0315. The van der Waals surface area contributed by atoms with E-state index in [0.29, 0.717) is 48.6 Å². The van der Waals surface area contributed by atoms with Crippen molar-refractivity contribution in [3.63, 3.8) is 0 Å². The summed E-state index contributed by atoms with van der Waals surface area (Å²) in [4.78, 5) is 28.8. The summed E-state index contributed by atoms with van der Waals surface area (Å²) in [5.74, 6) is 0.123. The fraction of sp³-hybridized carbons (Fsp3) is 0.290. The van der Waals surface area contributed by atoms with Crippen molar-refractivity contribution in [2.75, 3.05) is 19.6 Å². The Morgan fingerprint density at radius 3 is 2.46 bits per heavy atom. The van der Waals surface area contributed by atoms with Gasteiger partial charge in [-0.2, -0.15) is 0 Å². The minimum Gasteiger partial charge on any atom is -0.338 e. The molecule has 0 radical (unpaired) electrons. The van der Waals surface area contributed by atoms with Crippen molar-refractivity contribution in [3.8, 4) is 0 Å². The smallest absolute Gasteiger partial charge is 0.258 e. The van der Waals surface area contributed by atoms with E-state index in [1.54, 1.807) is 12.1 Å². The number of hydrogen-bond donors (Lipinski definition) is 1. The van der Waals surface area contributed by atoms with Crippen molar-refractivity contribution in [3.05, 3.63) is 117 Å². The number of pyridine rings is 1. The van der Waals surface area contributed by atoms with Crippen molar-refractivity contribution >= 4 is 28.3 Å². The summed E-state index contributed by atoms with van der Waals surface area (Å²) < 4.78 is 1.86. The summed E-state index contributed by atoms with van der Waals surface area (Å²) in [6, 6.07) is 25.1. The Morgan fingerprint density at radius 2 is 1.76 bits per heavy atom. The second-order valence-corrected chi connectivity index (χ2v) is 10.2. The molecule has 1 amide bonds. The Morgan fingerprint density at radius 1 is 1.03 bits per heavy atom. The number of amides is 1. The maximum atomic E-state index is 13.6. The third kappa shape index (κ3) is 6.68. The summed E-state index contributed by atoms with van der Waals surface area (Å²) in [6.07, 6.45) is 1.38. The van der Waals surface area contributed by atoms with E-state index >= 15 is 0 Å². The number of nitrogens with zero attached hydrogens (tertiary/aromatic N) is 2. The number of aryl methyl sites for hydroxylation is 1. The number of fused-ring (bicyclic) bond motifs is 1. The van der Waals surface area contributed by atoms with E-state index in [4.69, 9.17) is 17.3 Å². The number of benzene rings is 3. The highest BCUT2D eigenvalue weighted by molar-refractivity contribution is 6.31. The van der Waals surface area contributed by atoms with E-state index < -0.39 is 0 Å². The second-order valence-electron chi connectivity index (χ2n) is 9.81. The lowest BCUT2D eigenvalue weighted by Crippen LogP contribution is -2.37. The quantitative estimate of drug-likeness (QED) is 0.295. The molecule has 4 rings (SSSR count). The van der Waals surface area contributed by atoms with E-state index in [9.17, 15) is 9.59 Å². The van der Waals surface area contributed by atoms with Crippen LogP contribution in [0.4, 0.5) is 0 Å². The molecule has 192 valence electrons. The van der Waals surface area contributed by atoms with Gasteiger partial charge in [-0.3, -0.25) is 9.59 Å². The fourth-order valence-corrected chi connectivity index (χ4v) is 4.90. The van der Waals surface area contributed by atoms with Gasteiger partial charge in [0.15, 0.2) is 0 Å². The summed E-state index contributed by atoms with van der Waals surface area (Å²) in [6.45, 7) is 6.30. The molecule has 6 heteroatoms. The van der Waals surface area contributed by atoms with Crippen LogP contribution in [0.1, 0.15) is 40.5 Å². The summed E-state index contributed by atoms with van der Waals surface area (Å²) in [5, 5.41) is 2.08. The van der Waals surface area contributed by atoms with Crippen LogP contribution in [-0.4, -0.2) is 35.0 Å². The average molecular weight is 516 g/mol. The topological polar surface area (TPSA) is 68.3 Å². The Hall–Kier alpha value is -3.41. The first kappa shape index (κ1) is 26.6. The van der Waals surface area contributed by atoms with Crippen LogP contribution in [0.25, 0.3) is 10.8 Å². The van der Waals surface area contributed by atoms with Crippen LogP contribution in [0.15, 0.2) is 83.7 Å². The Balaban J connectivity index is 1.64. The molecule has 0 aliphatic rings. The lowest BCUT2D eigenvalue weighted by molar-refractivity contribution is 0.0730. The zero-order valence-electron chi connectivity index (χ0n) is 21.5. The van der Waals surface area contributed by atoms with Crippen molar-refractivity contribution in [2.45, 2.75) is 33.2 Å². The average Bonchev–Trinajstić information content (AvgIpc) is 2.89. The van der Waals surface area contributed by atoms with Crippen LogP contribution in [0.3, 0.4) is 0 Å². The van der Waals surface area contributed by atoms with Crippen LogP contribution in [0.5, 0.6) is 0 Å². The molecule has 0 saturated carbocycles. The van der Waals surface area contributed by atoms with Gasteiger partial charge in [0, 0.05) is 34.8 Å². The molecule has 0 bridgehead atoms. The molecule has 1 aromatic heterocycles. The highest BCUT2D eigenvalue weighted by atomic mass is 35.5. The molecule has 1 unspecified atom stereocenters. The molecule has 0 aliphatic heterocycles. The maximum Gasteiger partial charge on any atom is 0.258 e. The van der Waals surface area contributed by atoms with E-state index in [-0.39, 0.29) is 17.4 Å². The maximum absolute atomic E-state index is 13.6. The van der Waals surface area contributed by atoms with Gasteiger partial charge in [-0.25, -0.2) is 0 Å². The Bertz CT molecular complexity index is 1410. The minimum absolute atomic E-state index is 0.00673. The van der Waals surface area contributed by atoms with Gasteiger partial charge < -0.3 is 15.2 Å². The van der Waals surface area contributed by atoms with Crippen molar-refractivity contribution in [2.24, 2.45) is 11.7 Å². The summed E-state index contributed by atoms with van der Waals surface area (Å²) >= 11 is 6.26. The van der Waals surface area contributed by atoms with Crippen LogP contribution < -0.4 is 11.3 Å². The predicted octanol–water partition coefficient (Wildman–Crippen LogP) is 5.68. The van der Waals surface area contributed by atoms with Crippen LogP contribution in [0, 0.1) is 12.8 Å². The Labute approximate surface area is 223 Å². The van der Waals surface area contributed by atoms with Gasteiger partial charge in [-0.15, -0.1) is 0 Å². The first-order chi connectivity index (χ1) is 17.9. The third-order valence-electron chi connectivity index (χ3n) is 6.65. The van der Waals surface area contributed by atoms with E-state index in [1.165, 1.54) is 0 Å². The summed E-state index contributed by atoms with van der Waals surface area (Å²) in [7, 11) is 0. The van der Waals surface area contributed by atoms with Crippen LogP contribution in [0.2, 0.25) is 5.02 Å². The molecule has 4 aromatic rings. The SMILES string of the molecule is Cc1ccc(C(=O)N(CCCN)CC(C)Cc2cc3cc(Cl)ccc3c(=O)n2Cc2ccccc2)cc1. The zero-order chi connectivity index (χ0) is 26.4. The number of aromatic nitrogens is 1. The van der Waals surface area contributed by atoms with E-state index in [1.807, 2.05) is 77.1 Å². The number of nitrogens with two attached hydrogens (primary N) is 1. The number of halogens is 1. The summed E-state index contributed by atoms with van der Waals surface area (Å²) in [5.41, 5.74) is 9.53. The van der Waals surface area contributed by atoms with Gasteiger partial charge >= 0.3 is 0 Å². The van der Waals surface area contributed by atoms with Gasteiger partial charge in [0.2, 0.25) is 0 Å². The molecular formula is C31H34ClN3O2. The predicted molar refractivity (Wildman–Crippen MR) is 152 cm³/mol. The van der Waals surface area contributed by atoms with Gasteiger partial charge in [-0.05, 0) is 79.6 Å². The largest absolute Gasteiger partial charge is 0.338 e. The number of carbonyl (C=O) groups excluding carboxylic acids is 1. The molecule has 1 heterocycles. The molecule has 0 fully saturated rings. The van der Waals surface area contributed by atoms with Crippen LogP contribution in [-0.2, 0) is 13.0 Å². The first-order valence-electron chi connectivity index (χ1n) is 12.8. The van der Waals surface area contributed by atoms with Gasteiger partial charge in [0.05, 0.1) is 6.54 Å². The molecule has 0 aliphatic carbocycles. The molecule has 5 nitrogen and oxygen atoms in total. The molecule has 0 saturated heterocycles. The normalized spacial score (nSPS) is 12.0. The Kier molecular flexibility index (Phi) is 8.80. The molecule has 3 aromatic carbocycles. The van der Waals surface area contributed by atoms with Crippen molar-refractivity contribution in [1.29, 1.82) is 0 Å². The zero-order valence-corrected chi connectivity index (χ0v) is 22.2. The lowest BCUT2D eigenvalue weighted by atomic mass is 10.0. The van der Waals surface area contributed by atoms with Crippen LogP contribution >= 0.6 is 11.6 Å². The second kappa shape index (κ2) is 12.2. The van der Waals surface area contributed by atoms with Crippen molar-refractivity contribution in [1.82, 2.24) is 9.47 Å². The molecule has 2 N–H and O–H groups in total. The third-order valence-corrected chi connectivity index (χ3v) is 6.88. The highest BCUT2D eigenvalue weighted by Gasteiger charge is 2.20. The monoisotopic (exact) mass is 515 g/mol. The number of hydrogen-bond acceptors (Lipinski definition) is 3. The first-order valence-corrected chi connectivity index (χ1v) is 13.2. The van der Waals surface area contributed by atoms with E-state index in [2.05, 4.69) is 13.0 Å². The fourth-order valence-electron chi connectivity index (χ4n) is 4.72. The highest BCUT2D eigenvalue weighted by Crippen LogP contribution is 2.21. The standard InChI is InChI=1S/C31H34ClN3O2/c1-22-9-11-25(12-10-22)30(36)34(16-6-15-33)20-23(2)17-28-19-26-18-27(32)13-14-29(26)31(37)35(28)21-24-7-4-3-5-8-24/h3-5,7-14,18-19,23H,6,15-17,20-21,33H2,1-2H3. The molecule has 1 atom stereocenters. The van der Waals surface area contributed by atoms with E-state index in [0.717, 1.165) is 28.6 Å². The molecule has 37 heavy (non-hydrogen) atoms. The number of rotatable bonds is 10. The number of carbonyl (C=O) groups is 1. The molecule has 0 spiro atoms. The molecular weight excluding hydrogens is 482 g/mol. The van der Waals surface area contributed by atoms with Crippen molar-refractivity contribution < 1.29 is 4.79 Å². The van der Waals surface area contributed by atoms with Gasteiger partial charge in [-0.1, -0.05) is 66.6 Å². The lowest BCUT2D eigenvalue weighted by Gasteiger charge is -2.27.